The Morgan fingerprint density at radius 3 is 2.88 bits per heavy atom. The molecule has 0 unspecified atom stereocenters. The van der Waals surface area contributed by atoms with Gasteiger partial charge in [-0.05, 0) is 31.0 Å². The van der Waals surface area contributed by atoms with E-state index in [2.05, 4.69) is 10.1 Å². The number of ether oxygens (including phenoxy) is 1. The maximum absolute atomic E-state index is 11.3. The fraction of sp³-hybridized carbons (Fsp3) is 0.417. The summed E-state index contributed by atoms with van der Waals surface area (Å²) < 4.78 is 4.65. The van der Waals surface area contributed by atoms with E-state index in [4.69, 9.17) is 5.11 Å². The van der Waals surface area contributed by atoms with E-state index in [0.717, 1.165) is 11.3 Å². The molecule has 0 aromatic heterocycles. The lowest BCUT2D eigenvalue weighted by molar-refractivity contribution is 0.0601. The Morgan fingerprint density at radius 2 is 2.25 bits per heavy atom. The van der Waals surface area contributed by atoms with Gasteiger partial charge in [-0.1, -0.05) is 6.07 Å². The van der Waals surface area contributed by atoms with Gasteiger partial charge in [-0.15, -0.1) is 0 Å². The number of esters is 1. The van der Waals surface area contributed by atoms with Gasteiger partial charge in [-0.3, -0.25) is 0 Å². The highest BCUT2D eigenvalue weighted by atomic mass is 16.5. The molecule has 4 heteroatoms. The van der Waals surface area contributed by atoms with Crippen molar-refractivity contribution in [1.29, 1.82) is 0 Å². The van der Waals surface area contributed by atoms with Crippen LogP contribution < -0.4 is 5.32 Å². The first-order valence-corrected chi connectivity index (χ1v) is 5.22. The predicted molar refractivity (Wildman–Crippen MR) is 62.7 cm³/mol. The highest BCUT2D eigenvalue weighted by Crippen LogP contribution is 2.17. The second-order valence-corrected chi connectivity index (χ2v) is 3.53. The van der Waals surface area contributed by atoms with Gasteiger partial charge in [-0.25, -0.2) is 4.79 Å². The fourth-order valence-electron chi connectivity index (χ4n) is 1.36. The zero-order chi connectivity index (χ0) is 12.0. The van der Waals surface area contributed by atoms with Gasteiger partial charge < -0.3 is 15.2 Å². The van der Waals surface area contributed by atoms with E-state index in [1.54, 1.807) is 12.1 Å². The molecule has 0 saturated carbocycles. The van der Waals surface area contributed by atoms with Crippen molar-refractivity contribution in [3.8, 4) is 0 Å². The van der Waals surface area contributed by atoms with Crippen LogP contribution >= 0.6 is 0 Å². The first kappa shape index (κ1) is 12.5. The van der Waals surface area contributed by atoms with E-state index in [1.807, 2.05) is 13.0 Å². The lowest BCUT2D eigenvalue weighted by Gasteiger charge is -2.10. The minimum absolute atomic E-state index is 0.155. The Labute approximate surface area is 95.2 Å². The average molecular weight is 223 g/mol. The Kier molecular flexibility index (Phi) is 4.79. The number of hydrogen-bond donors (Lipinski definition) is 2. The molecule has 0 aliphatic carbocycles. The topological polar surface area (TPSA) is 58.6 Å². The molecule has 0 atom stereocenters. The largest absolute Gasteiger partial charge is 0.465 e. The minimum atomic E-state index is -0.342. The molecule has 0 spiro atoms. The Balaban J connectivity index is 2.78. The predicted octanol–water partition coefficient (Wildman–Crippen LogP) is 1.58. The van der Waals surface area contributed by atoms with Crippen LogP contribution in [0.4, 0.5) is 5.69 Å². The summed E-state index contributed by atoms with van der Waals surface area (Å²) in [6, 6.07) is 5.37. The molecule has 0 heterocycles. The second kappa shape index (κ2) is 6.12. The van der Waals surface area contributed by atoms with Crippen LogP contribution in [0.25, 0.3) is 0 Å². The van der Waals surface area contributed by atoms with Gasteiger partial charge in [-0.2, -0.15) is 0 Å². The average Bonchev–Trinajstić information content (AvgIpc) is 2.31. The summed E-state index contributed by atoms with van der Waals surface area (Å²) in [5.74, 6) is -0.342. The summed E-state index contributed by atoms with van der Waals surface area (Å²) in [7, 11) is 1.36. The lowest BCUT2D eigenvalue weighted by atomic mass is 10.1. The summed E-state index contributed by atoms with van der Waals surface area (Å²) in [5, 5.41) is 11.8. The van der Waals surface area contributed by atoms with E-state index in [-0.39, 0.29) is 12.6 Å². The highest BCUT2D eigenvalue weighted by molar-refractivity contribution is 5.90. The second-order valence-electron chi connectivity index (χ2n) is 3.53. The molecule has 0 fully saturated rings. The van der Waals surface area contributed by atoms with E-state index in [0.29, 0.717) is 18.5 Å². The number of methoxy groups -OCH3 is 1. The minimum Gasteiger partial charge on any atom is -0.465 e. The molecule has 0 aliphatic heterocycles. The van der Waals surface area contributed by atoms with E-state index in [1.165, 1.54) is 7.11 Å². The van der Waals surface area contributed by atoms with Gasteiger partial charge in [0.25, 0.3) is 0 Å². The summed E-state index contributed by atoms with van der Waals surface area (Å²) in [6.07, 6.45) is 0.682. The maximum Gasteiger partial charge on any atom is 0.337 e. The molecule has 1 aromatic rings. The molecule has 0 amide bonds. The molecule has 0 bridgehead atoms. The van der Waals surface area contributed by atoms with Crippen LogP contribution in [0.1, 0.15) is 22.3 Å². The van der Waals surface area contributed by atoms with Crippen molar-refractivity contribution in [1.82, 2.24) is 0 Å². The van der Waals surface area contributed by atoms with Crippen LogP contribution in [0.2, 0.25) is 0 Å². The number of nitrogens with one attached hydrogen (secondary N) is 1. The molecule has 4 nitrogen and oxygen atoms in total. The highest BCUT2D eigenvalue weighted by Gasteiger charge is 2.07. The summed E-state index contributed by atoms with van der Waals surface area (Å²) in [6.45, 7) is 2.80. The number of aryl methyl sites for hydroxylation is 1. The third kappa shape index (κ3) is 3.24. The molecule has 1 aromatic carbocycles. The standard InChI is InChI=1S/C12H17NO3/c1-9-4-5-10(12(15)16-2)8-11(9)13-6-3-7-14/h4-5,8,13-14H,3,6-7H2,1-2H3. The van der Waals surface area contributed by atoms with Crippen molar-refractivity contribution in [2.24, 2.45) is 0 Å². The smallest absolute Gasteiger partial charge is 0.337 e. The molecule has 88 valence electrons. The van der Waals surface area contributed by atoms with Crippen LogP contribution in [-0.4, -0.2) is 31.3 Å². The number of hydrogen-bond acceptors (Lipinski definition) is 4. The van der Waals surface area contributed by atoms with Crippen molar-refractivity contribution in [3.05, 3.63) is 29.3 Å². The number of rotatable bonds is 5. The third-order valence-corrected chi connectivity index (χ3v) is 2.31. The molecule has 0 radical (unpaired) electrons. The van der Waals surface area contributed by atoms with Crippen molar-refractivity contribution in [2.45, 2.75) is 13.3 Å². The Hall–Kier alpha value is -1.55. The van der Waals surface area contributed by atoms with Crippen molar-refractivity contribution >= 4 is 11.7 Å². The number of benzene rings is 1. The van der Waals surface area contributed by atoms with Crippen molar-refractivity contribution in [2.75, 3.05) is 25.6 Å². The molecule has 0 aliphatic rings. The Bertz CT molecular complexity index is 363. The van der Waals surface area contributed by atoms with Crippen LogP contribution in [-0.2, 0) is 4.74 Å². The Morgan fingerprint density at radius 1 is 1.50 bits per heavy atom. The summed E-state index contributed by atoms with van der Waals surface area (Å²) in [4.78, 5) is 11.3. The van der Waals surface area contributed by atoms with Gasteiger partial charge in [0.05, 0.1) is 12.7 Å². The van der Waals surface area contributed by atoms with Crippen molar-refractivity contribution < 1.29 is 14.6 Å². The normalized spacial score (nSPS) is 9.94. The van der Waals surface area contributed by atoms with Crippen LogP contribution in [0.5, 0.6) is 0 Å². The monoisotopic (exact) mass is 223 g/mol. The van der Waals surface area contributed by atoms with Crippen LogP contribution in [0, 0.1) is 6.92 Å². The number of aliphatic hydroxyl groups excluding tert-OH is 1. The van der Waals surface area contributed by atoms with Gasteiger partial charge in [0.1, 0.15) is 0 Å². The number of carbonyl (C=O) groups excluding carboxylic acids is 1. The molecule has 2 N–H and O–H groups in total. The first-order chi connectivity index (χ1) is 7.69. The maximum atomic E-state index is 11.3. The van der Waals surface area contributed by atoms with Crippen molar-refractivity contribution in [3.63, 3.8) is 0 Å². The first-order valence-electron chi connectivity index (χ1n) is 5.22. The zero-order valence-electron chi connectivity index (χ0n) is 9.62. The SMILES string of the molecule is COC(=O)c1ccc(C)c(NCCCO)c1. The number of aliphatic hydroxyl groups is 1. The quantitative estimate of drug-likeness (QED) is 0.587. The molecular formula is C12H17NO3. The van der Waals surface area contributed by atoms with Crippen LogP contribution in [0.15, 0.2) is 18.2 Å². The molecular weight excluding hydrogens is 206 g/mol. The molecule has 0 saturated heterocycles. The summed E-state index contributed by atoms with van der Waals surface area (Å²) >= 11 is 0. The number of carbonyl (C=O) groups is 1. The van der Waals surface area contributed by atoms with Gasteiger partial charge in [0.15, 0.2) is 0 Å². The zero-order valence-corrected chi connectivity index (χ0v) is 9.62. The van der Waals surface area contributed by atoms with E-state index < -0.39 is 0 Å². The number of anilines is 1. The molecule has 1 rings (SSSR count). The third-order valence-electron chi connectivity index (χ3n) is 2.31. The van der Waals surface area contributed by atoms with Gasteiger partial charge in [0, 0.05) is 18.8 Å². The fourth-order valence-corrected chi connectivity index (χ4v) is 1.36. The van der Waals surface area contributed by atoms with E-state index in [9.17, 15) is 4.79 Å². The summed E-state index contributed by atoms with van der Waals surface area (Å²) in [5.41, 5.74) is 2.49. The lowest BCUT2D eigenvalue weighted by Crippen LogP contribution is -2.07. The van der Waals surface area contributed by atoms with Gasteiger partial charge >= 0.3 is 5.97 Å². The molecule has 16 heavy (non-hydrogen) atoms. The van der Waals surface area contributed by atoms with E-state index >= 15 is 0 Å². The van der Waals surface area contributed by atoms with Gasteiger partial charge in [0.2, 0.25) is 0 Å². The van der Waals surface area contributed by atoms with Crippen LogP contribution in [0.3, 0.4) is 0 Å².